The summed E-state index contributed by atoms with van der Waals surface area (Å²) in [7, 11) is 2.02. The average Bonchev–Trinajstić information content (AvgIpc) is 2.35. The number of rotatable bonds is 0. The molecule has 0 atom stereocenters. The summed E-state index contributed by atoms with van der Waals surface area (Å²) in [6.45, 7) is 0. The van der Waals surface area contributed by atoms with E-state index in [4.69, 9.17) is 5.73 Å². The standard InChI is InChI=1S/C9H10N2.ClH.H2O/c1-11-6-5-7-8(10)3-2-4-9(7)11;;/h2-6H,10H2,1H3;1H;1H2. The molecule has 0 spiro atoms. The van der Waals surface area contributed by atoms with Crippen molar-refractivity contribution >= 4 is 29.0 Å². The largest absolute Gasteiger partial charge is 0.412 e. The van der Waals surface area contributed by atoms with Crippen molar-refractivity contribution < 1.29 is 5.48 Å². The van der Waals surface area contributed by atoms with Gasteiger partial charge in [-0.15, -0.1) is 12.4 Å². The van der Waals surface area contributed by atoms with Gasteiger partial charge < -0.3 is 15.8 Å². The minimum absolute atomic E-state index is 0. The molecule has 4 N–H and O–H groups in total. The van der Waals surface area contributed by atoms with E-state index in [-0.39, 0.29) is 17.9 Å². The molecule has 1 aromatic carbocycles. The second-order valence-corrected chi connectivity index (χ2v) is 2.71. The van der Waals surface area contributed by atoms with Crippen LogP contribution in [0.1, 0.15) is 0 Å². The number of nitrogen functional groups attached to an aromatic ring is 1. The van der Waals surface area contributed by atoms with E-state index in [1.165, 1.54) is 5.52 Å². The summed E-state index contributed by atoms with van der Waals surface area (Å²) in [6.07, 6.45) is 2.01. The second-order valence-electron chi connectivity index (χ2n) is 2.71. The van der Waals surface area contributed by atoms with Crippen LogP contribution in [0.3, 0.4) is 0 Å². The van der Waals surface area contributed by atoms with Gasteiger partial charge in [-0.1, -0.05) is 6.07 Å². The first-order chi connectivity index (χ1) is 5.29. The number of aryl methyl sites for hydroxylation is 1. The molecule has 0 saturated heterocycles. The van der Waals surface area contributed by atoms with Crippen LogP contribution < -0.4 is 5.73 Å². The molecule has 0 fully saturated rings. The zero-order chi connectivity index (χ0) is 7.84. The van der Waals surface area contributed by atoms with Crippen molar-refractivity contribution in [1.82, 2.24) is 4.57 Å². The van der Waals surface area contributed by atoms with E-state index in [2.05, 4.69) is 10.6 Å². The Morgan fingerprint density at radius 3 is 2.54 bits per heavy atom. The van der Waals surface area contributed by atoms with Gasteiger partial charge in [-0.3, -0.25) is 0 Å². The van der Waals surface area contributed by atoms with Crippen LogP contribution in [0.25, 0.3) is 10.9 Å². The van der Waals surface area contributed by atoms with Gasteiger partial charge in [0.15, 0.2) is 0 Å². The lowest BCUT2D eigenvalue weighted by atomic mass is 10.2. The number of anilines is 1. The van der Waals surface area contributed by atoms with Crippen molar-refractivity contribution in [2.75, 3.05) is 5.73 Å². The van der Waals surface area contributed by atoms with E-state index < -0.39 is 0 Å². The van der Waals surface area contributed by atoms with Crippen molar-refractivity contribution in [3.8, 4) is 0 Å². The molecule has 0 saturated carbocycles. The lowest BCUT2D eigenvalue weighted by Crippen LogP contribution is -1.86. The summed E-state index contributed by atoms with van der Waals surface area (Å²) in [5.74, 6) is 0. The van der Waals surface area contributed by atoms with Crippen LogP contribution in [0.2, 0.25) is 0 Å². The average molecular weight is 201 g/mol. The van der Waals surface area contributed by atoms with E-state index >= 15 is 0 Å². The molecule has 3 nitrogen and oxygen atoms in total. The van der Waals surface area contributed by atoms with Gasteiger partial charge in [-0.2, -0.15) is 0 Å². The highest BCUT2D eigenvalue weighted by Crippen LogP contribution is 2.20. The first kappa shape index (κ1) is 11.8. The van der Waals surface area contributed by atoms with E-state index in [0.717, 1.165) is 11.1 Å². The summed E-state index contributed by atoms with van der Waals surface area (Å²) >= 11 is 0. The minimum Gasteiger partial charge on any atom is -0.412 e. The number of nitrogens with two attached hydrogens (primary N) is 1. The Hall–Kier alpha value is -1.19. The minimum atomic E-state index is 0. The molecule has 0 aliphatic heterocycles. The molecule has 2 aromatic rings. The van der Waals surface area contributed by atoms with Gasteiger partial charge in [0.2, 0.25) is 0 Å². The van der Waals surface area contributed by atoms with Crippen LogP contribution in [0.4, 0.5) is 5.69 Å². The van der Waals surface area contributed by atoms with Gasteiger partial charge >= 0.3 is 0 Å². The monoisotopic (exact) mass is 200 g/mol. The van der Waals surface area contributed by atoms with Gasteiger partial charge in [0.05, 0.1) is 0 Å². The zero-order valence-electron chi connectivity index (χ0n) is 7.32. The van der Waals surface area contributed by atoms with Gasteiger partial charge in [0.25, 0.3) is 0 Å². The van der Waals surface area contributed by atoms with Crippen molar-refractivity contribution in [2.24, 2.45) is 7.05 Å². The Morgan fingerprint density at radius 1 is 1.23 bits per heavy atom. The normalized spacial score (nSPS) is 9.00. The molecule has 0 aliphatic rings. The van der Waals surface area contributed by atoms with Crippen LogP contribution in [-0.2, 0) is 7.05 Å². The third-order valence-corrected chi connectivity index (χ3v) is 1.96. The number of fused-ring (bicyclic) bond motifs is 1. The van der Waals surface area contributed by atoms with Gasteiger partial charge in [0, 0.05) is 29.8 Å². The summed E-state index contributed by atoms with van der Waals surface area (Å²) in [5.41, 5.74) is 7.79. The maximum Gasteiger partial charge on any atom is 0.0498 e. The number of halogens is 1. The Kier molecular flexibility index (Phi) is 3.78. The molecule has 4 heteroatoms. The molecule has 13 heavy (non-hydrogen) atoms. The Bertz CT molecular complexity index is 397. The van der Waals surface area contributed by atoms with Crippen molar-refractivity contribution in [2.45, 2.75) is 0 Å². The highest BCUT2D eigenvalue weighted by atomic mass is 35.5. The third-order valence-electron chi connectivity index (χ3n) is 1.96. The van der Waals surface area contributed by atoms with E-state index in [1.807, 2.05) is 31.4 Å². The number of nitrogens with zero attached hydrogens (tertiary/aromatic N) is 1. The lowest BCUT2D eigenvalue weighted by molar-refractivity contribution is 0.824. The van der Waals surface area contributed by atoms with Gasteiger partial charge in [-0.25, -0.2) is 0 Å². The summed E-state index contributed by atoms with van der Waals surface area (Å²) < 4.78 is 2.06. The summed E-state index contributed by atoms with van der Waals surface area (Å²) in [5, 5.41) is 1.13. The fourth-order valence-electron chi connectivity index (χ4n) is 1.33. The maximum atomic E-state index is 5.76. The number of hydrogen-bond donors (Lipinski definition) is 1. The number of aromatic nitrogens is 1. The molecule has 72 valence electrons. The molecule has 0 amide bonds. The van der Waals surface area contributed by atoms with Gasteiger partial charge in [0.1, 0.15) is 0 Å². The molecule has 1 heterocycles. The molecule has 0 aliphatic carbocycles. The maximum absolute atomic E-state index is 5.76. The molecule has 0 bridgehead atoms. The smallest absolute Gasteiger partial charge is 0.0498 e. The quantitative estimate of drug-likeness (QED) is 0.642. The first-order valence-corrected chi connectivity index (χ1v) is 3.58. The van der Waals surface area contributed by atoms with Crippen LogP contribution >= 0.6 is 12.4 Å². The highest BCUT2D eigenvalue weighted by molar-refractivity contribution is 5.91. The predicted octanol–water partition coefficient (Wildman–Crippen LogP) is 1.36. The van der Waals surface area contributed by atoms with Crippen LogP contribution in [0, 0.1) is 0 Å². The fraction of sp³-hybridized carbons (Fsp3) is 0.111. The van der Waals surface area contributed by atoms with Gasteiger partial charge in [-0.05, 0) is 18.2 Å². The first-order valence-electron chi connectivity index (χ1n) is 3.58. The van der Waals surface area contributed by atoms with E-state index in [0.29, 0.717) is 0 Å². The zero-order valence-corrected chi connectivity index (χ0v) is 8.14. The Morgan fingerprint density at radius 2 is 1.92 bits per heavy atom. The van der Waals surface area contributed by atoms with E-state index in [1.54, 1.807) is 0 Å². The number of hydrogen-bond acceptors (Lipinski definition) is 1. The molecule has 0 radical (unpaired) electrons. The summed E-state index contributed by atoms with van der Waals surface area (Å²) in [6, 6.07) is 7.98. The SMILES string of the molecule is Cl.Cn1ccc2c(N)cccc21.O. The van der Waals surface area contributed by atoms with E-state index in [9.17, 15) is 0 Å². The summed E-state index contributed by atoms with van der Waals surface area (Å²) in [4.78, 5) is 0. The van der Waals surface area contributed by atoms with Crippen molar-refractivity contribution in [1.29, 1.82) is 0 Å². The topological polar surface area (TPSA) is 62.5 Å². The molecule has 0 unspecified atom stereocenters. The number of benzene rings is 1. The van der Waals surface area contributed by atoms with Crippen molar-refractivity contribution in [3.05, 3.63) is 30.5 Å². The van der Waals surface area contributed by atoms with Crippen molar-refractivity contribution in [3.63, 3.8) is 0 Å². The van der Waals surface area contributed by atoms with Crippen LogP contribution in [-0.4, -0.2) is 10.0 Å². The second kappa shape index (κ2) is 4.16. The van der Waals surface area contributed by atoms with Crippen LogP contribution in [0.15, 0.2) is 30.5 Å². The fourth-order valence-corrected chi connectivity index (χ4v) is 1.33. The molecule has 2 rings (SSSR count). The Labute approximate surface area is 82.9 Å². The molecular weight excluding hydrogens is 188 g/mol. The highest BCUT2D eigenvalue weighted by Gasteiger charge is 1.98. The predicted molar refractivity (Wildman–Crippen MR) is 58.2 cm³/mol. The lowest BCUT2D eigenvalue weighted by Gasteiger charge is -1.96. The third kappa shape index (κ3) is 1.76. The Balaban J connectivity index is 0.000000720. The molecule has 1 aromatic heterocycles. The molecular formula is C9H13ClN2O. The van der Waals surface area contributed by atoms with Crippen LogP contribution in [0.5, 0.6) is 0 Å².